The summed E-state index contributed by atoms with van der Waals surface area (Å²) in [5, 5.41) is 3.52. The predicted molar refractivity (Wildman–Crippen MR) is 83.6 cm³/mol. The summed E-state index contributed by atoms with van der Waals surface area (Å²) in [7, 11) is 0. The lowest BCUT2D eigenvalue weighted by Crippen LogP contribution is -2.15. The Balaban J connectivity index is 1.73. The highest BCUT2D eigenvalue weighted by Crippen LogP contribution is 2.27. The number of benzene rings is 1. The molecule has 1 saturated carbocycles. The van der Waals surface area contributed by atoms with Gasteiger partial charge in [0.2, 0.25) is 0 Å². The number of nitrogens with one attached hydrogen (secondary N) is 1. The van der Waals surface area contributed by atoms with Crippen LogP contribution in [-0.4, -0.2) is 12.6 Å². The summed E-state index contributed by atoms with van der Waals surface area (Å²) in [5.74, 6) is 0.965. The van der Waals surface area contributed by atoms with E-state index in [2.05, 4.69) is 46.4 Å². The standard InChI is InChI=1S/C16H24BrNO/c1-2-3-4-5-10-19-16-9-6-13(11-15(16)17)12-18-14-7-8-14/h6,9,11,14,18H,2-5,7-8,10,12H2,1H3. The molecule has 0 aromatic heterocycles. The Bertz CT molecular complexity index is 390. The zero-order valence-corrected chi connectivity index (χ0v) is 13.3. The first-order chi connectivity index (χ1) is 9.29. The molecular weight excluding hydrogens is 302 g/mol. The Morgan fingerprint density at radius 1 is 1.26 bits per heavy atom. The van der Waals surface area contributed by atoms with Crippen molar-refractivity contribution in [1.29, 1.82) is 0 Å². The Labute approximate surface area is 125 Å². The third-order valence-corrected chi connectivity index (χ3v) is 4.04. The van der Waals surface area contributed by atoms with Crippen LogP contribution in [0.2, 0.25) is 0 Å². The van der Waals surface area contributed by atoms with Crippen molar-refractivity contribution >= 4 is 15.9 Å². The lowest BCUT2D eigenvalue weighted by molar-refractivity contribution is 0.303. The fourth-order valence-electron chi connectivity index (χ4n) is 2.03. The molecule has 0 saturated heterocycles. The van der Waals surface area contributed by atoms with Crippen molar-refractivity contribution in [2.24, 2.45) is 0 Å². The van der Waals surface area contributed by atoms with Gasteiger partial charge in [-0.3, -0.25) is 0 Å². The van der Waals surface area contributed by atoms with Crippen molar-refractivity contribution in [3.63, 3.8) is 0 Å². The topological polar surface area (TPSA) is 21.3 Å². The average molecular weight is 326 g/mol. The molecule has 0 heterocycles. The minimum Gasteiger partial charge on any atom is -0.492 e. The minimum atomic E-state index is 0.758. The first-order valence-electron chi connectivity index (χ1n) is 7.44. The average Bonchev–Trinajstić information content (AvgIpc) is 3.22. The SMILES string of the molecule is CCCCCCOc1ccc(CNC2CC2)cc1Br. The van der Waals surface area contributed by atoms with Gasteiger partial charge in [-0.2, -0.15) is 0 Å². The van der Waals surface area contributed by atoms with Gasteiger partial charge in [0.15, 0.2) is 0 Å². The number of hydrogen-bond acceptors (Lipinski definition) is 2. The van der Waals surface area contributed by atoms with Gasteiger partial charge in [-0.05, 0) is 52.9 Å². The highest BCUT2D eigenvalue weighted by Gasteiger charge is 2.19. The maximum atomic E-state index is 5.81. The third kappa shape index (κ3) is 5.53. The molecule has 0 bridgehead atoms. The first-order valence-corrected chi connectivity index (χ1v) is 8.23. The van der Waals surface area contributed by atoms with Gasteiger partial charge >= 0.3 is 0 Å². The Hall–Kier alpha value is -0.540. The lowest BCUT2D eigenvalue weighted by atomic mass is 10.2. The van der Waals surface area contributed by atoms with E-state index in [-0.39, 0.29) is 0 Å². The minimum absolute atomic E-state index is 0.758. The summed E-state index contributed by atoms with van der Waals surface area (Å²) in [6.45, 7) is 4.00. The fourth-order valence-corrected chi connectivity index (χ4v) is 2.57. The summed E-state index contributed by atoms with van der Waals surface area (Å²) in [6.07, 6.45) is 7.64. The molecule has 2 rings (SSSR count). The highest BCUT2D eigenvalue weighted by atomic mass is 79.9. The van der Waals surface area contributed by atoms with Gasteiger partial charge in [-0.25, -0.2) is 0 Å². The van der Waals surface area contributed by atoms with E-state index in [4.69, 9.17) is 4.74 Å². The van der Waals surface area contributed by atoms with Crippen molar-refractivity contribution in [2.75, 3.05) is 6.61 Å². The summed E-state index contributed by atoms with van der Waals surface area (Å²) in [4.78, 5) is 0. The number of ether oxygens (including phenoxy) is 1. The van der Waals surface area contributed by atoms with Crippen molar-refractivity contribution in [3.05, 3.63) is 28.2 Å². The van der Waals surface area contributed by atoms with Crippen LogP contribution in [-0.2, 0) is 6.54 Å². The monoisotopic (exact) mass is 325 g/mol. The van der Waals surface area contributed by atoms with Crippen LogP contribution in [0.25, 0.3) is 0 Å². The van der Waals surface area contributed by atoms with Gasteiger partial charge in [0, 0.05) is 12.6 Å². The van der Waals surface area contributed by atoms with E-state index in [0.717, 1.165) is 35.8 Å². The lowest BCUT2D eigenvalue weighted by Gasteiger charge is -2.10. The van der Waals surface area contributed by atoms with Crippen molar-refractivity contribution in [1.82, 2.24) is 5.32 Å². The molecule has 2 nitrogen and oxygen atoms in total. The number of unbranched alkanes of at least 4 members (excludes halogenated alkanes) is 3. The van der Waals surface area contributed by atoms with E-state index in [1.165, 1.54) is 37.7 Å². The summed E-state index contributed by atoms with van der Waals surface area (Å²) < 4.78 is 6.88. The number of rotatable bonds is 9. The van der Waals surface area contributed by atoms with Gasteiger partial charge in [-0.15, -0.1) is 0 Å². The zero-order valence-electron chi connectivity index (χ0n) is 11.8. The van der Waals surface area contributed by atoms with E-state index < -0.39 is 0 Å². The van der Waals surface area contributed by atoms with Gasteiger partial charge < -0.3 is 10.1 Å². The molecule has 0 unspecified atom stereocenters. The van der Waals surface area contributed by atoms with Crippen LogP contribution >= 0.6 is 15.9 Å². The maximum Gasteiger partial charge on any atom is 0.133 e. The largest absolute Gasteiger partial charge is 0.492 e. The molecule has 0 radical (unpaired) electrons. The molecule has 1 N–H and O–H groups in total. The third-order valence-electron chi connectivity index (χ3n) is 3.42. The van der Waals surface area contributed by atoms with Crippen molar-refractivity contribution in [2.45, 2.75) is 58.0 Å². The fraction of sp³-hybridized carbons (Fsp3) is 0.625. The summed E-state index contributed by atoms with van der Waals surface area (Å²) in [6, 6.07) is 7.15. The second-order valence-corrected chi connectivity index (χ2v) is 6.18. The second kappa shape index (κ2) is 7.91. The van der Waals surface area contributed by atoms with Crippen LogP contribution < -0.4 is 10.1 Å². The molecule has 1 fully saturated rings. The highest BCUT2D eigenvalue weighted by molar-refractivity contribution is 9.10. The van der Waals surface area contributed by atoms with Gasteiger partial charge in [0.05, 0.1) is 11.1 Å². The van der Waals surface area contributed by atoms with Crippen LogP contribution in [0, 0.1) is 0 Å². The van der Waals surface area contributed by atoms with E-state index in [1.54, 1.807) is 0 Å². The normalized spacial score (nSPS) is 14.6. The molecule has 0 amide bonds. The molecule has 106 valence electrons. The van der Waals surface area contributed by atoms with Crippen molar-refractivity contribution in [3.8, 4) is 5.75 Å². The van der Waals surface area contributed by atoms with Crippen LogP contribution in [0.5, 0.6) is 5.75 Å². The molecular formula is C16H24BrNO. The molecule has 0 spiro atoms. The van der Waals surface area contributed by atoms with Gasteiger partial charge in [0.25, 0.3) is 0 Å². The van der Waals surface area contributed by atoms with Gasteiger partial charge in [-0.1, -0.05) is 32.3 Å². The Kier molecular flexibility index (Phi) is 6.18. The second-order valence-electron chi connectivity index (χ2n) is 5.33. The maximum absolute atomic E-state index is 5.81. The van der Waals surface area contributed by atoms with E-state index in [9.17, 15) is 0 Å². The Morgan fingerprint density at radius 2 is 2.11 bits per heavy atom. The molecule has 3 heteroatoms. The van der Waals surface area contributed by atoms with Crippen LogP contribution in [0.3, 0.4) is 0 Å². The molecule has 1 aliphatic rings. The predicted octanol–water partition coefficient (Wildman–Crippen LogP) is 4.66. The van der Waals surface area contributed by atoms with Crippen LogP contribution in [0.15, 0.2) is 22.7 Å². The molecule has 0 atom stereocenters. The van der Waals surface area contributed by atoms with Gasteiger partial charge in [0.1, 0.15) is 5.75 Å². The van der Waals surface area contributed by atoms with E-state index >= 15 is 0 Å². The quantitative estimate of drug-likeness (QED) is 0.667. The first kappa shape index (κ1) is 14.9. The summed E-state index contributed by atoms with van der Waals surface area (Å²) in [5.41, 5.74) is 1.32. The molecule has 1 aromatic carbocycles. The van der Waals surface area contributed by atoms with Crippen LogP contribution in [0.4, 0.5) is 0 Å². The number of halogens is 1. The Morgan fingerprint density at radius 3 is 2.79 bits per heavy atom. The molecule has 1 aromatic rings. The molecule has 0 aliphatic heterocycles. The van der Waals surface area contributed by atoms with Crippen molar-refractivity contribution < 1.29 is 4.74 Å². The van der Waals surface area contributed by atoms with E-state index in [1.807, 2.05) is 0 Å². The zero-order chi connectivity index (χ0) is 13.5. The van der Waals surface area contributed by atoms with E-state index in [0.29, 0.717) is 0 Å². The smallest absolute Gasteiger partial charge is 0.133 e. The summed E-state index contributed by atoms with van der Waals surface area (Å²) >= 11 is 3.60. The van der Waals surface area contributed by atoms with Crippen LogP contribution in [0.1, 0.15) is 51.0 Å². The molecule has 19 heavy (non-hydrogen) atoms. The number of hydrogen-bond donors (Lipinski definition) is 1. The molecule has 1 aliphatic carbocycles.